The predicted octanol–water partition coefficient (Wildman–Crippen LogP) is -0.723. The minimum atomic E-state index is -1.15. The van der Waals surface area contributed by atoms with Gasteiger partial charge in [-0.25, -0.2) is 0 Å². The smallest absolute Gasteiger partial charge is 0.223 e. The Morgan fingerprint density at radius 2 is 2.18 bits per heavy atom. The number of aliphatic hydroxyl groups is 2. The van der Waals surface area contributed by atoms with Crippen molar-refractivity contribution < 1.29 is 19.7 Å². The Morgan fingerprint density at radius 3 is 2.82 bits per heavy atom. The Kier molecular flexibility index (Phi) is 6.17. The average Bonchev–Trinajstić information content (AvgIpc) is 2.54. The topological polar surface area (TPSA) is 97.6 Å². The molecule has 2 aliphatic heterocycles. The van der Waals surface area contributed by atoms with E-state index in [-0.39, 0.29) is 11.7 Å². The summed E-state index contributed by atoms with van der Waals surface area (Å²) in [5, 5.41) is 22.6. The van der Waals surface area contributed by atoms with Gasteiger partial charge in [-0.1, -0.05) is 0 Å². The van der Waals surface area contributed by atoms with Gasteiger partial charge >= 0.3 is 0 Å². The molecule has 8 heteroatoms. The summed E-state index contributed by atoms with van der Waals surface area (Å²) in [5.74, 6) is -0.0858. The third kappa shape index (κ3) is 4.69. The summed E-state index contributed by atoms with van der Waals surface area (Å²) in [5.41, 5.74) is 2.96. The van der Waals surface area contributed by atoms with Crippen LogP contribution in [0, 0.1) is 0 Å². The third-order valence-electron chi connectivity index (χ3n) is 3.86. The molecule has 0 aromatic heterocycles. The van der Waals surface area contributed by atoms with E-state index in [0.29, 0.717) is 25.2 Å². The van der Waals surface area contributed by atoms with Crippen LogP contribution in [-0.2, 0) is 9.53 Å². The van der Waals surface area contributed by atoms with E-state index >= 15 is 0 Å². The number of rotatable bonds is 6. The second kappa shape index (κ2) is 8.11. The fraction of sp³-hybridized carbons (Fsp3) is 0.714. The number of allylic oxidation sites excluding steroid dienone is 1. The molecule has 1 fully saturated rings. The highest BCUT2D eigenvalue weighted by atomic mass is 16.5. The van der Waals surface area contributed by atoms with E-state index in [2.05, 4.69) is 15.4 Å². The van der Waals surface area contributed by atoms with Crippen molar-refractivity contribution in [1.29, 1.82) is 0 Å². The second-order valence-electron chi connectivity index (χ2n) is 5.42. The summed E-state index contributed by atoms with van der Waals surface area (Å²) < 4.78 is 5.06. The first-order valence-electron chi connectivity index (χ1n) is 7.50. The largest absolute Gasteiger partial charge is 0.507 e. The van der Waals surface area contributed by atoms with E-state index in [4.69, 9.17) is 4.74 Å². The molecule has 1 unspecified atom stereocenters. The number of ether oxygens (including phenoxy) is 1. The fourth-order valence-corrected chi connectivity index (χ4v) is 2.45. The Bertz CT molecular complexity index is 444. The van der Waals surface area contributed by atoms with E-state index in [1.807, 2.05) is 4.90 Å². The molecule has 0 saturated carbocycles. The molecule has 0 radical (unpaired) electrons. The van der Waals surface area contributed by atoms with Crippen molar-refractivity contribution in [3.05, 3.63) is 11.8 Å². The number of aliphatic hydroxyl groups excluding tert-OH is 2. The molecular weight excluding hydrogens is 288 g/mol. The maximum absolute atomic E-state index is 12.2. The van der Waals surface area contributed by atoms with Gasteiger partial charge in [0, 0.05) is 58.8 Å². The molecule has 1 atom stereocenters. The molecule has 0 aliphatic carbocycles. The lowest BCUT2D eigenvalue weighted by Crippen LogP contribution is -2.49. The van der Waals surface area contributed by atoms with Crippen molar-refractivity contribution >= 4 is 11.6 Å². The molecule has 0 spiro atoms. The van der Waals surface area contributed by atoms with Gasteiger partial charge in [0.25, 0.3) is 0 Å². The van der Waals surface area contributed by atoms with E-state index in [0.717, 1.165) is 32.7 Å². The Labute approximate surface area is 130 Å². The van der Waals surface area contributed by atoms with E-state index in [1.54, 1.807) is 7.11 Å². The van der Waals surface area contributed by atoms with Gasteiger partial charge in [0.1, 0.15) is 5.76 Å². The molecule has 1 amide bonds. The lowest BCUT2D eigenvalue weighted by Gasteiger charge is -2.34. The van der Waals surface area contributed by atoms with Gasteiger partial charge in [0.15, 0.2) is 6.23 Å². The Balaban J connectivity index is 1.71. The molecule has 2 heterocycles. The Hall–Kier alpha value is -1.64. The molecule has 124 valence electrons. The molecular formula is C14H24N4O4. The number of hydrogen-bond donors (Lipinski definition) is 3. The summed E-state index contributed by atoms with van der Waals surface area (Å²) in [6.45, 7) is 4.80. The van der Waals surface area contributed by atoms with Crippen LogP contribution in [0.2, 0.25) is 0 Å². The summed E-state index contributed by atoms with van der Waals surface area (Å²) in [6.07, 6.45) is 1.03. The van der Waals surface area contributed by atoms with Crippen LogP contribution in [-0.4, -0.2) is 84.3 Å². The highest BCUT2D eigenvalue weighted by Crippen LogP contribution is 2.09. The summed E-state index contributed by atoms with van der Waals surface area (Å²) in [4.78, 5) is 16.3. The van der Waals surface area contributed by atoms with Crippen molar-refractivity contribution in [3.63, 3.8) is 0 Å². The minimum Gasteiger partial charge on any atom is -0.507 e. The first kappa shape index (κ1) is 16.7. The standard InChI is InChI=1S/C14H24N4O4/c1-22-9-8-17-4-6-18(7-5-17)13(20)3-2-11-10-12(19)14(21)16-15-11/h10,14,16,19,21H,2-9H2,1H3. The van der Waals surface area contributed by atoms with Gasteiger partial charge < -0.3 is 19.8 Å². The van der Waals surface area contributed by atoms with Gasteiger partial charge in [-0.15, -0.1) is 0 Å². The second-order valence-corrected chi connectivity index (χ2v) is 5.42. The number of amides is 1. The predicted molar refractivity (Wildman–Crippen MR) is 81.4 cm³/mol. The van der Waals surface area contributed by atoms with Crippen molar-refractivity contribution in [3.8, 4) is 0 Å². The number of hydrogen-bond acceptors (Lipinski definition) is 7. The zero-order valence-electron chi connectivity index (χ0n) is 12.9. The summed E-state index contributed by atoms with van der Waals surface area (Å²) in [6, 6.07) is 0. The normalized spacial score (nSPS) is 22.8. The number of hydrazone groups is 1. The van der Waals surface area contributed by atoms with Crippen molar-refractivity contribution in [1.82, 2.24) is 15.2 Å². The van der Waals surface area contributed by atoms with E-state index in [1.165, 1.54) is 6.08 Å². The zero-order chi connectivity index (χ0) is 15.9. The average molecular weight is 312 g/mol. The van der Waals surface area contributed by atoms with Gasteiger partial charge in [-0.3, -0.25) is 15.1 Å². The van der Waals surface area contributed by atoms with Crippen molar-refractivity contribution in [2.45, 2.75) is 19.1 Å². The molecule has 2 aliphatic rings. The molecule has 2 rings (SSSR count). The number of nitrogens with zero attached hydrogens (tertiary/aromatic N) is 3. The van der Waals surface area contributed by atoms with Crippen LogP contribution in [0.1, 0.15) is 12.8 Å². The monoisotopic (exact) mass is 312 g/mol. The van der Waals surface area contributed by atoms with Gasteiger partial charge in [0.2, 0.25) is 5.91 Å². The highest BCUT2D eigenvalue weighted by Gasteiger charge is 2.21. The number of piperazine rings is 1. The molecule has 0 aromatic carbocycles. The summed E-state index contributed by atoms with van der Waals surface area (Å²) in [7, 11) is 1.69. The number of carbonyl (C=O) groups is 1. The van der Waals surface area contributed by atoms with Crippen LogP contribution >= 0.6 is 0 Å². The maximum atomic E-state index is 12.2. The lowest BCUT2D eigenvalue weighted by molar-refractivity contribution is -0.132. The Morgan fingerprint density at radius 1 is 1.45 bits per heavy atom. The first-order valence-corrected chi connectivity index (χ1v) is 7.50. The van der Waals surface area contributed by atoms with Gasteiger partial charge in [0.05, 0.1) is 12.3 Å². The molecule has 22 heavy (non-hydrogen) atoms. The number of methoxy groups -OCH3 is 1. The first-order chi connectivity index (χ1) is 10.6. The van der Waals surface area contributed by atoms with Crippen LogP contribution in [0.3, 0.4) is 0 Å². The molecule has 0 aromatic rings. The van der Waals surface area contributed by atoms with Gasteiger partial charge in [-0.05, 0) is 0 Å². The van der Waals surface area contributed by atoms with Crippen LogP contribution < -0.4 is 5.43 Å². The maximum Gasteiger partial charge on any atom is 0.223 e. The van der Waals surface area contributed by atoms with Crippen molar-refractivity contribution in [2.75, 3.05) is 46.4 Å². The van der Waals surface area contributed by atoms with Crippen LogP contribution in [0.5, 0.6) is 0 Å². The third-order valence-corrected chi connectivity index (χ3v) is 3.86. The lowest BCUT2D eigenvalue weighted by atomic mass is 10.1. The fourth-order valence-electron chi connectivity index (χ4n) is 2.45. The van der Waals surface area contributed by atoms with Crippen molar-refractivity contribution in [2.24, 2.45) is 5.10 Å². The van der Waals surface area contributed by atoms with Crippen LogP contribution in [0.4, 0.5) is 0 Å². The van der Waals surface area contributed by atoms with Crippen LogP contribution in [0.15, 0.2) is 16.9 Å². The summed E-state index contributed by atoms with van der Waals surface area (Å²) >= 11 is 0. The SMILES string of the molecule is COCCN1CCN(C(=O)CCC2=NNC(O)C(O)=C2)CC1. The molecule has 8 nitrogen and oxygen atoms in total. The molecule has 1 saturated heterocycles. The number of carbonyl (C=O) groups excluding carboxylic acids is 1. The van der Waals surface area contributed by atoms with Crippen LogP contribution in [0.25, 0.3) is 0 Å². The minimum absolute atomic E-state index is 0.0908. The quantitative estimate of drug-likeness (QED) is 0.599. The van der Waals surface area contributed by atoms with E-state index in [9.17, 15) is 15.0 Å². The number of nitrogens with one attached hydrogen (secondary N) is 1. The van der Waals surface area contributed by atoms with Gasteiger partial charge in [-0.2, -0.15) is 5.10 Å². The molecule has 0 bridgehead atoms. The highest BCUT2D eigenvalue weighted by molar-refractivity contribution is 5.97. The van der Waals surface area contributed by atoms with E-state index < -0.39 is 6.23 Å². The zero-order valence-corrected chi connectivity index (χ0v) is 12.9. The molecule has 3 N–H and O–H groups in total.